The number of carbonyl (C=O) groups is 1. The molecule has 90 valence electrons. The van der Waals surface area contributed by atoms with Crippen LogP contribution in [0.15, 0.2) is 24.3 Å². The highest BCUT2D eigenvalue weighted by molar-refractivity contribution is 6.04. The molecule has 0 saturated heterocycles. The molecule has 0 fully saturated rings. The van der Waals surface area contributed by atoms with E-state index in [4.69, 9.17) is 4.74 Å². The van der Waals surface area contributed by atoms with Gasteiger partial charge in [0.1, 0.15) is 5.75 Å². The normalized spacial score (nSPS) is 18.1. The highest BCUT2D eigenvalue weighted by Crippen LogP contribution is 2.45. The van der Waals surface area contributed by atoms with Crippen LogP contribution in [0.5, 0.6) is 5.75 Å². The van der Waals surface area contributed by atoms with Crippen LogP contribution >= 0.6 is 0 Å². The summed E-state index contributed by atoms with van der Waals surface area (Å²) in [6.45, 7) is 6.25. The number of benzene rings is 1. The number of hydrogen-bond donors (Lipinski definition) is 0. The number of allylic oxidation sites excluding steroid dienone is 2. The van der Waals surface area contributed by atoms with Gasteiger partial charge in [-0.2, -0.15) is 0 Å². The predicted octanol–water partition coefficient (Wildman–Crippen LogP) is 3.39. The number of carbonyl (C=O) groups excluding carboxylic acids is 1. The summed E-state index contributed by atoms with van der Waals surface area (Å²) in [5.74, 6) is 1.04. The minimum Gasteiger partial charge on any atom is -0.496 e. The van der Waals surface area contributed by atoms with E-state index in [2.05, 4.69) is 19.9 Å². The van der Waals surface area contributed by atoms with E-state index in [1.165, 1.54) is 5.56 Å². The summed E-state index contributed by atoms with van der Waals surface area (Å²) in [6.07, 6.45) is 2.34. The van der Waals surface area contributed by atoms with Gasteiger partial charge in [-0.05, 0) is 36.1 Å². The quantitative estimate of drug-likeness (QED) is 0.778. The molecule has 1 aromatic rings. The van der Waals surface area contributed by atoms with Gasteiger partial charge in [0.05, 0.1) is 7.11 Å². The van der Waals surface area contributed by atoms with Crippen molar-refractivity contribution in [3.63, 3.8) is 0 Å². The molecule has 0 saturated carbocycles. The highest BCUT2D eigenvalue weighted by Gasteiger charge is 2.34. The van der Waals surface area contributed by atoms with Gasteiger partial charge >= 0.3 is 0 Å². The van der Waals surface area contributed by atoms with Crippen LogP contribution in [0.1, 0.15) is 31.4 Å². The number of rotatable bonds is 2. The first kappa shape index (κ1) is 11.9. The maximum absolute atomic E-state index is 11.6. The van der Waals surface area contributed by atoms with Gasteiger partial charge in [0.15, 0.2) is 5.78 Å². The molecule has 0 atom stereocenters. The average Bonchev–Trinajstić information content (AvgIpc) is 2.51. The fourth-order valence-corrected chi connectivity index (χ4v) is 2.41. The zero-order valence-electron chi connectivity index (χ0n) is 10.8. The van der Waals surface area contributed by atoms with Gasteiger partial charge in [-0.3, -0.25) is 4.79 Å². The van der Waals surface area contributed by atoms with E-state index in [9.17, 15) is 4.79 Å². The third-order valence-corrected chi connectivity index (χ3v) is 3.30. The van der Waals surface area contributed by atoms with Crippen LogP contribution in [0.2, 0.25) is 0 Å². The second-order valence-electron chi connectivity index (χ2n) is 5.29. The van der Waals surface area contributed by atoms with Crippen molar-refractivity contribution < 1.29 is 9.53 Å². The van der Waals surface area contributed by atoms with Gasteiger partial charge in [-0.25, -0.2) is 0 Å². The van der Waals surface area contributed by atoms with Gasteiger partial charge in [0.25, 0.3) is 0 Å². The molecule has 0 aromatic heterocycles. The van der Waals surface area contributed by atoms with Crippen molar-refractivity contribution in [1.29, 1.82) is 0 Å². The maximum atomic E-state index is 11.6. The molecule has 0 bridgehead atoms. The van der Waals surface area contributed by atoms with Crippen molar-refractivity contribution in [1.82, 2.24) is 0 Å². The molecule has 0 heterocycles. The standard InChI is InChI=1S/C15H18O2/c1-10-5-6-14(17-4)12(7-10)13-8-11(16)9-15(13,2)3/h5-8H,9H2,1-4H3. The Balaban J connectivity index is 2.57. The fourth-order valence-electron chi connectivity index (χ4n) is 2.41. The fraction of sp³-hybridized carbons (Fsp3) is 0.400. The van der Waals surface area contributed by atoms with E-state index >= 15 is 0 Å². The first-order chi connectivity index (χ1) is 7.94. The van der Waals surface area contributed by atoms with Crippen LogP contribution < -0.4 is 4.74 Å². The zero-order valence-corrected chi connectivity index (χ0v) is 10.8. The zero-order chi connectivity index (χ0) is 12.6. The van der Waals surface area contributed by atoms with Crippen LogP contribution in [-0.2, 0) is 4.79 Å². The third kappa shape index (κ3) is 2.12. The average molecular weight is 230 g/mol. The summed E-state index contributed by atoms with van der Waals surface area (Å²) in [6, 6.07) is 6.07. The number of methoxy groups -OCH3 is 1. The minimum absolute atomic E-state index is 0.0991. The Kier molecular flexibility index (Phi) is 2.82. The van der Waals surface area contributed by atoms with Gasteiger partial charge in [-0.1, -0.05) is 25.5 Å². The second kappa shape index (κ2) is 4.02. The van der Waals surface area contributed by atoms with Crippen LogP contribution in [0, 0.1) is 12.3 Å². The van der Waals surface area contributed by atoms with Crippen LogP contribution in [0.4, 0.5) is 0 Å². The van der Waals surface area contributed by atoms with Crippen molar-refractivity contribution in [3.05, 3.63) is 35.4 Å². The molecular weight excluding hydrogens is 212 g/mol. The van der Waals surface area contributed by atoms with E-state index in [0.29, 0.717) is 6.42 Å². The minimum atomic E-state index is -0.0991. The molecular formula is C15H18O2. The molecule has 0 radical (unpaired) electrons. The lowest BCUT2D eigenvalue weighted by Gasteiger charge is -2.23. The van der Waals surface area contributed by atoms with Crippen molar-refractivity contribution in [2.24, 2.45) is 5.41 Å². The summed E-state index contributed by atoms with van der Waals surface area (Å²) in [7, 11) is 1.67. The van der Waals surface area contributed by atoms with Crippen molar-refractivity contribution in [2.45, 2.75) is 27.2 Å². The van der Waals surface area contributed by atoms with Crippen molar-refractivity contribution >= 4 is 11.4 Å². The number of ketones is 1. The van der Waals surface area contributed by atoms with Gasteiger partial charge in [-0.15, -0.1) is 0 Å². The Hall–Kier alpha value is -1.57. The molecule has 2 nitrogen and oxygen atoms in total. The Morgan fingerprint density at radius 3 is 2.53 bits per heavy atom. The molecule has 1 aliphatic rings. The Morgan fingerprint density at radius 1 is 1.29 bits per heavy atom. The molecule has 1 aliphatic carbocycles. The smallest absolute Gasteiger partial charge is 0.156 e. The molecule has 2 rings (SSSR count). The first-order valence-electron chi connectivity index (χ1n) is 5.84. The molecule has 2 heteroatoms. The van der Waals surface area contributed by atoms with E-state index < -0.39 is 0 Å². The Labute approximate surface area is 102 Å². The SMILES string of the molecule is COc1ccc(C)cc1C1=CC(=O)CC1(C)C. The largest absolute Gasteiger partial charge is 0.496 e. The summed E-state index contributed by atoms with van der Waals surface area (Å²) < 4.78 is 5.39. The van der Waals surface area contributed by atoms with Gasteiger partial charge in [0.2, 0.25) is 0 Å². The number of ether oxygens (including phenoxy) is 1. The van der Waals surface area contributed by atoms with E-state index in [0.717, 1.165) is 16.9 Å². The molecule has 0 aliphatic heterocycles. The Bertz CT molecular complexity index is 496. The number of aryl methyl sites for hydroxylation is 1. The third-order valence-electron chi connectivity index (χ3n) is 3.30. The van der Waals surface area contributed by atoms with Crippen LogP contribution in [-0.4, -0.2) is 12.9 Å². The van der Waals surface area contributed by atoms with E-state index in [-0.39, 0.29) is 11.2 Å². The summed E-state index contributed by atoms with van der Waals surface area (Å²) >= 11 is 0. The van der Waals surface area contributed by atoms with Gasteiger partial charge < -0.3 is 4.74 Å². The lowest BCUT2D eigenvalue weighted by Crippen LogP contribution is -2.11. The Morgan fingerprint density at radius 2 is 2.00 bits per heavy atom. The lowest BCUT2D eigenvalue weighted by atomic mass is 9.81. The highest BCUT2D eigenvalue weighted by atomic mass is 16.5. The lowest BCUT2D eigenvalue weighted by molar-refractivity contribution is -0.114. The number of hydrogen-bond acceptors (Lipinski definition) is 2. The topological polar surface area (TPSA) is 26.3 Å². The van der Waals surface area contributed by atoms with Crippen molar-refractivity contribution in [2.75, 3.05) is 7.11 Å². The molecule has 0 N–H and O–H groups in total. The van der Waals surface area contributed by atoms with Crippen molar-refractivity contribution in [3.8, 4) is 5.75 Å². The van der Waals surface area contributed by atoms with Gasteiger partial charge in [0, 0.05) is 12.0 Å². The molecule has 0 spiro atoms. The molecule has 1 aromatic carbocycles. The van der Waals surface area contributed by atoms with E-state index in [1.54, 1.807) is 13.2 Å². The van der Waals surface area contributed by atoms with E-state index in [1.807, 2.05) is 19.1 Å². The summed E-state index contributed by atoms with van der Waals surface area (Å²) in [4.78, 5) is 11.6. The predicted molar refractivity (Wildman–Crippen MR) is 69.1 cm³/mol. The molecule has 0 unspecified atom stereocenters. The second-order valence-corrected chi connectivity index (χ2v) is 5.29. The summed E-state index contributed by atoms with van der Waals surface area (Å²) in [5.41, 5.74) is 3.21. The molecule has 0 amide bonds. The summed E-state index contributed by atoms with van der Waals surface area (Å²) in [5, 5.41) is 0. The molecule has 17 heavy (non-hydrogen) atoms. The first-order valence-corrected chi connectivity index (χ1v) is 5.84. The maximum Gasteiger partial charge on any atom is 0.156 e. The monoisotopic (exact) mass is 230 g/mol. The van der Waals surface area contributed by atoms with Crippen LogP contribution in [0.25, 0.3) is 5.57 Å². The van der Waals surface area contributed by atoms with Crippen LogP contribution in [0.3, 0.4) is 0 Å².